The van der Waals surface area contributed by atoms with E-state index in [9.17, 15) is 19.5 Å². The van der Waals surface area contributed by atoms with Crippen LogP contribution in [-0.2, 0) is 16.1 Å². The molecule has 2 rings (SSSR count). The van der Waals surface area contributed by atoms with E-state index in [4.69, 9.17) is 4.74 Å². The highest BCUT2D eigenvalue weighted by atomic mass is 16.5. The van der Waals surface area contributed by atoms with Crippen LogP contribution in [0.1, 0.15) is 25.3 Å². The molecule has 0 spiro atoms. The molecular formula is C16H21N2O5+. The number of hydrogen-bond donors (Lipinski definition) is 2. The Kier molecular flexibility index (Phi) is 5.33. The Morgan fingerprint density at radius 1 is 1.30 bits per heavy atom. The van der Waals surface area contributed by atoms with Gasteiger partial charge in [-0.1, -0.05) is 30.3 Å². The van der Waals surface area contributed by atoms with Gasteiger partial charge in [-0.3, -0.25) is 0 Å². The number of carbonyl (C=O) groups is 3. The summed E-state index contributed by atoms with van der Waals surface area (Å²) >= 11 is 0. The van der Waals surface area contributed by atoms with Crippen LogP contribution in [0, 0.1) is 0 Å². The third-order valence-corrected chi connectivity index (χ3v) is 4.27. The number of benzene rings is 1. The van der Waals surface area contributed by atoms with Crippen molar-refractivity contribution in [1.82, 2.24) is 5.32 Å². The molecule has 2 atom stereocenters. The molecule has 1 saturated heterocycles. The summed E-state index contributed by atoms with van der Waals surface area (Å²) in [6.45, 7) is 1.74. The highest BCUT2D eigenvalue weighted by molar-refractivity contribution is 5.84. The van der Waals surface area contributed by atoms with Gasteiger partial charge in [0.05, 0.1) is 6.54 Å². The van der Waals surface area contributed by atoms with E-state index < -0.39 is 22.6 Å². The molecule has 0 aliphatic carbocycles. The number of quaternary nitrogens is 1. The lowest BCUT2D eigenvalue weighted by molar-refractivity contribution is -0.791. The topological polar surface area (TPSA) is 92.7 Å². The lowest BCUT2D eigenvalue weighted by Crippen LogP contribution is -2.61. The second-order valence-corrected chi connectivity index (χ2v) is 5.68. The monoisotopic (exact) mass is 321 g/mol. The number of amides is 3. The quantitative estimate of drug-likeness (QED) is 0.829. The third-order valence-electron chi connectivity index (χ3n) is 4.27. The Labute approximate surface area is 134 Å². The van der Waals surface area contributed by atoms with E-state index in [0.717, 1.165) is 5.56 Å². The molecule has 0 aromatic heterocycles. The second-order valence-electron chi connectivity index (χ2n) is 5.68. The standard InChI is InChI=1S/C16H20N2O5/c1-12-6-5-9-18(12,16(21)22)14(19)10-17-15(20)23-11-13-7-3-2-4-8-13/h2-4,7-8,12H,5-6,9-11H2,1H3,(H-,17,20,21,22)/p+1/t12-,18?/m1/s1. The van der Waals surface area contributed by atoms with Gasteiger partial charge in [0.1, 0.15) is 19.2 Å². The van der Waals surface area contributed by atoms with Gasteiger partial charge in [-0.25, -0.2) is 9.59 Å². The minimum Gasteiger partial charge on any atom is -0.445 e. The number of nitrogens with one attached hydrogen (secondary N) is 1. The zero-order valence-corrected chi connectivity index (χ0v) is 13.0. The fraction of sp³-hybridized carbons (Fsp3) is 0.438. The van der Waals surface area contributed by atoms with Crippen LogP contribution in [0.2, 0.25) is 0 Å². The molecule has 0 bridgehead atoms. The first kappa shape index (κ1) is 17.0. The van der Waals surface area contributed by atoms with Crippen LogP contribution >= 0.6 is 0 Å². The van der Waals surface area contributed by atoms with Crippen LogP contribution in [0.3, 0.4) is 0 Å². The SMILES string of the molecule is C[C@@H]1CCC[N+]1(C(=O)O)C(=O)CNC(=O)OCc1ccccc1. The van der Waals surface area contributed by atoms with Crippen molar-refractivity contribution in [2.24, 2.45) is 0 Å². The van der Waals surface area contributed by atoms with Gasteiger partial charge in [0.25, 0.3) is 0 Å². The maximum absolute atomic E-state index is 12.3. The summed E-state index contributed by atoms with van der Waals surface area (Å²) in [5.74, 6) is -0.529. The van der Waals surface area contributed by atoms with E-state index >= 15 is 0 Å². The first-order valence-electron chi connectivity index (χ1n) is 7.56. The molecule has 1 unspecified atom stereocenters. The molecule has 0 radical (unpaired) electrons. The van der Waals surface area contributed by atoms with E-state index in [1.54, 1.807) is 6.92 Å². The van der Waals surface area contributed by atoms with Gasteiger partial charge in [0, 0.05) is 12.8 Å². The van der Waals surface area contributed by atoms with Crippen LogP contribution < -0.4 is 5.32 Å². The Morgan fingerprint density at radius 2 is 2.00 bits per heavy atom. The smallest absolute Gasteiger partial charge is 0.445 e. The molecule has 2 N–H and O–H groups in total. The summed E-state index contributed by atoms with van der Waals surface area (Å²) in [6.07, 6.45) is -0.550. The summed E-state index contributed by atoms with van der Waals surface area (Å²) < 4.78 is 4.38. The molecule has 1 aromatic rings. The number of likely N-dealkylation sites (tertiary alicyclic amines) is 1. The molecule has 23 heavy (non-hydrogen) atoms. The minimum absolute atomic E-state index is 0.0934. The largest absolute Gasteiger partial charge is 0.521 e. The lowest BCUT2D eigenvalue weighted by atomic mass is 10.2. The normalized spacial score (nSPS) is 23.3. The van der Waals surface area contributed by atoms with Crippen molar-refractivity contribution < 1.29 is 28.7 Å². The first-order valence-corrected chi connectivity index (χ1v) is 7.56. The van der Waals surface area contributed by atoms with Gasteiger partial charge in [-0.05, 0) is 12.5 Å². The van der Waals surface area contributed by atoms with Crippen LogP contribution in [0.5, 0.6) is 0 Å². The van der Waals surface area contributed by atoms with Gasteiger partial charge in [0.2, 0.25) is 0 Å². The summed E-state index contributed by atoms with van der Waals surface area (Å²) in [5, 5.41) is 11.8. The first-order chi connectivity index (χ1) is 11.0. The lowest BCUT2D eigenvalue weighted by Gasteiger charge is -2.29. The highest BCUT2D eigenvalue weighted by Gasteiger charge is 2.52. The minimum atomic E-state index is -1.17. The van der Waals surface area contributed by atoms with Crippen molar-refractivity contribution in [2.75, 3.05) is 13.1 Å². The van der Waals surface area contributed by atoms with Gasteiger partial charge in [-0.2, -0.15) is 9.28 Å². The molecule has 1 fully saturated rings. The van der Waals surface area contributed by atoms with E-state index in [-0.39, 0.29) is 25.7 Å². The average Bonchev–Trinajstić information content (AvgIpc) is 2.94. The van der Waals surface area contributed by atoms with Crippen molar-refractivity contribution in [3.05, 3.63) is 35.9 Å². The second kappa shape index (κ2) is 7.23. The number of ether oxygens (including phenoxy) is 1. The van der Waals surface area contributed by atoms with Crippen molar-refractivity contribution in [3.8, 4) is 0 Å². The predicted octanol–water partition coefficient (Wildman–Crippen LogP) is 2.12. The van der Waals surface area contributed by atoms with Crippen molar-refractivity contribution in [3.63, 3.8) is 0 Å². The average molecular weight is 321 g/mol. The van der Waals surface area contributed by atoms with E-state index in [0.29, 0.717) is 12.8 Å². The fourth-order valence-electron chi connectivity index (χ4n) is 2.90. The molecule has 1 aromatic carbocycles. The Bertz CT molecular complexity index is 589. The highest BCUT2D eigenvalue weighted by Crippen LogP contribution is 2.27. The predicted molar refractivity (Wildman–Crippen MR) is 81.5 cm³/mol. The summed E-state index contributed by atoms with van der Waals surface area (Å²) in [7, 11) is 0. The maximum atomic E-state index is 12.3. The van der Waals surface area contributed by atoms with Gasteiger partial charge in [-0.15, -0.1) is 0 Å². The van der Waals surface area contributed by atoms with Gasteiger partial charge in [0.15, 0.2) is 0 Å². The zero-order valence-electron chi connectivity index (χ0n) is 13.0. The van der Waals surface area contributed by atoms with Gasteiger partial charge < -0.3 is 15.2 Å². The Morgan fingerprint density at radius 3 is 2.57 bits per heavy atom. The number of nitrogens with zero attached hydrogens (tertiary/aromatic N) is 1. The zero-order chi connectivity index (χ0) is 16.9. The number of alkyl carbamates (subject to hydrolysis) is 1. The Hall–Kier alpha value is -2.41. The van der Waals surface area contributed by atoms with Crippen molar-refractivity contribution in [1.29, 1.82) is 0 Å². The van der Waals surface area contributed by atoms with Gasteiger partial charge >= 0.3 is 18.1 Å². The van der Waals surface area contributed by atoms with E-state index in [1.807, 2.05) is 30.3 Å². The molecule has 7 nitrogen and oxygen atoms in total. The number of carbonyl (C=O) groups excluding carboxylic acids is 2. The number of rotatable bonds is 4. The number of imide groups is 1. The van der Waals surface area contributed by atoms with Crippen molar-refractivity contribution >= 4 is 18.1 Å². The number of carboxylic acid groups (broad SMARTS) is 1. The fourth-order valence-corrected chi connectivity index (χ4v) is 2.90. The van der Waals surface area contributed by atoms with E-state index in [1.165, 1.54) is 0 Å². The molecule has 1 aliphatic rings. The molecular weight excluding hydrogens is 300 g/mol. The maximum Gasteiger partial charge on any atom is 0.521 e. The van der Waals surface area contributed by atoms with Crippen molar-refractivity contribution in [2.45, 2.75) is 32.4 Å². The summed E-state index contributed by atoms with van der Waals surface area (Å²) in [6, 6.07) is 8.85. The molecule has 124 valence electrons. The summed E-state index contributed by atoms with van der Waals surface area (Å²) in [5.41, 5.74) is 0.830. The molecule has 1 aliphatic heterocycles. The van der Waals surface area contributed by atoms with Crippen LogP contribution in [-0.4, -0.2) is 46.8 Å². The molecule has 3 amide bonds. The number of hydrogen-bond acceptors (Lipinski definition) is 4. The van der Waals surface area contributed by atoms with Crippen LogP contribution in [0.4, 0.5) is 9.59 Å². The molecule has 1 heterocycles. The third kappa shape index (κ3) is 3.68. The molecule has 0 saturated carbocycles. The van der Waals surface area contributed by atoms with E-state index in [2.05, 4.69) is 5.32 Å². The summed E-state index contributed by atoms with van der Waals surface area (Å²) in [4.78, 5) is 35.5. The Balaban J connectivity index is 1.86. The molecule has 7 heteroatoms. The van der Waals surface area contributed by atoms with Crippen LogP contribution in [0.15, 0.2) is 30.3 Å². The van der Waals surface area contributed by atoms with Crippen LogP contribution in [0.25, 0.3) is 0 Å².